The van der Waals surface area contributed by atoms with Crippen LogP contribution in [0.1, 0.15) is 15.9 Å². The van der Waals surface area contributed by atoms with Gasteiger partial charge >= 0.3 is 0 Å². The molecule has 0 saturated heterocycles. The minimum Gasteiger partial charge on any atom is -0.507 e. The van der Waals surface area contributed by atoms with Gasteiger partial charge in [0, 0.05) is 0 Å². The van der Waals surface area contributed by atoms with Gasteiger partial charge in [-0.25, -0.2) is 5.43 Å². The monoisotopic (exact) mass is 352 g/mol. The Hall–Kier alpha value is -1.85. The lowest BCUT2D eigenvalue weighted by Gasteiger charge is -2.02. The summed E-state index contributed by atoms with van der Waals surface area (Å²) in [5.41, 5.74) is 3.48. The van der Waals surface area contributed by atoms with Crippen LogP contribution in [0.5, 0.6) is 5.75 Å². The van der Waals surface area contributed by atoms with E-state index >= 15 is 0 Å². The quantitative estimate of drug-likeness (QED) is 0.654. The maximum absolute atomic E-state index is 11.8. The van der Waals surface area contributed by atoms with Crippen molar-refractivity contribution in [3.8, 4) is 5.75 Å². The molecule has 4 nitrogen and oxygen atoms in total. The van der Waals surface area contributed by atoms with Crippen molar-refractivity contribution < 1.29 is 9.90 Å². The van der Waals surface area contributed by atoms with Crippen molar-refractivity contribution in [2.24, 2.45) is 5.10 Å². The van der Waals surface area contributed by atoms with Gasteiger partial charge in [0.25, 0.3) is 5.91 Å². The van der Waals surface area contributed by atoms with E-state index in [0.717, 1.165) is 5.56 Å². The first kappa shape index (κ1) is 14.6. The van der Waals surface area contributed by atoms with E-state index in [-0.39, 0.29) is 11.7 Å². The van der Waals surface area contributed by atoms with Gasteiger partial charge in [-0.15, -0.1) is 0 Å². The standard InChI is InChI=1S/C14H10BrClN2O2/c15-11-7-9(5-6-13(11)19)8-17-18-14(20)10-3-1-2-4-12(10)16/h1-8,19H,(H,18,20)/b17-8-. The van der Waals surface area contributed by atoms with E-state index in [0.29, 0.717) is 15.1 Å². The van der Waals surface area contributed by atoms with Gasteiger partial charge in [-0.2, -0.15) is 5.10 Å². The molecule has 0 aromatic heterocycles. The lowest BCUT2D eigenvalue weighted by atomic mass is 10.2. The second kappa shape index (κ2) is 6.54. The summed E-state index contributed by atoms with van der Waals surface area (Å²) < 4.78 is 0.555. The molecule has 0 aliphatic heterocycles. The van der Waals surface area contributed by atoms with Crippen molar-refractivity contribution in [1.82, 2.24) is 5.43 Å². The lowest BCUT2D eigenvalue weighted by Crippen LogP contribution is -2.17. The molecule has 1 amide bonds. The Labute approximate surface area is 129 Å². The third kappa shape index (κ3) is 3.59. The second-order valence-electron chi connectivity index (χ2n) is 3.89. The Kier molecular flexibility index (Phi) is 4.76. The van der Waals surface area contributed by atoms with Crippen LogP contribution in [0.3, 0.4) is 0 Å². The summed E-state index contributed by atoms with van der Waals surface area (Å²) in [6.45, 7) is 0. The minimum atomic E-state index is -0.385. The molecule has 0 aliphatic carbocycles. The van der Waals surface area contributed by atoms with E-state index < -0.39 is 0 Å². The first-order valence-electron chi connectivity index (χ1n) is 5.64. The van der Waals surface area contributed by atoms with E-state index in [9.17, 15) is 9.90 Å². The summed E-state index contributed by atoms with van der Waals surface area (Å²) >= 11 is 9.10. The molecule has 20 heavy (non-hydrogen) atoms. The molecule has 0 radical (unpaired) electrons. The Balaban J connectivity index is 2.05. The molecule has 0 aliphatic rings. The fourth-order valence-corrected chi connectivity index (χ4v) is 2.09. The minimum absolute atomic E-state index is 0.141. The summed E-state index contributed by atoms with van der Waals surface area (Å²) in [5, 5.41) is 13.6. The number of nitrogens with one attached hydrogen (secondary N) is 1. The number of phenols is 1. The fourth-order valence-electron chi connectivity index (χ4n) is 1.47. The average molecular weight is 354 g/mol. The highest BCUT2D eigenvalue weighted by Crippen LogP contribution is 2.23. The summed E-state index contributed by atoms with van der Waals surface area (Å²) in [7, 11) is 0. The first-order valence-corrected chi connectivity index (χ1v) is 6.81. The SMILES string of the molecule is O=C(N/N=C\c1ccc(O)c(Br)c1)c1ccccc1Cl. The highest BCUT2D eigenvalue weighted by molar-refractivity contribution is 9.10. The third-order valence-corrected chi connectivity index (χ3v) is 3.43. The molecular formula is C14H10BrClN2O2. The predicted octanol–water partition coefficient (Wildman–Crippen LogP) is 3.57. The normalized spacial score (nSPS) is 10.7. The Morgan fingerprint density at radius 2 is 2.05 bits per heavy atom. The Bertz CT molecular complexity index is 674. The number of rotatable bonds is 3. The van der Waals surface area contributed by atoms with E-state index in [1.807, 2.05) is 0 Å². The number of amides is 1. The van der Waals surface area contributed by atoms with E-state index in [2.05, 4.69) is 26.5 Å². The van der Waals surface area contributed by atoms with Crippen LogP contribution < -0.4 is 5.43 Å². The van der Waals surface area contributed by atoms with Crippen LogP contribution in [-0.2, 0) is 0 Å². The zero-order valence-electron chi connectivity index (χ0n) is 10.2. The van der Waals surface area contributed by atoms with Gasteiger partial charge in [0.05, 0.1) is 21.3 Å². The van der Waals surface area contributed by atoms with Crippen molar-refractivity contribution in [2.45, 2.75) is 0 Å². The molecule has 0 unspecified atom stereocenters. The van der Waals surface area contributed by atoms with Gasteiger partial charge in [-0.1, -0.05) is 23.7 Å². The zero-order chi connectivity index (χ0) is 14.5. The van der Waals surface area contributed by atoms with E-state index in [4.69, 9.17) is 11.6 Å². The van der Waals surface area contributed by atoms with E-state index in [1.54, 1.807) is 36.4 Å². The van der Waals surface area contributed by atoms with Gasteiger partial charge in [0.1, 0.15) is 5.75 Å². The Morgan fingerprint density at radius 1 is 1.30 bits per heavy atom. The maximum atomic E-state index is 11.8. The molecule has 2 aromatic rings. The van der Waals surface area contributed by atoms with Crippen molar-refractivity contribution in [3.05, 3.63) is 63.1 Å². The number of benzene rings is 2. The summed E-state index contributed by atoms with van der Waals surface area (Å²) in [4.78, 5) is 11.8. The van der Waals surface area contributed by atoms with Crippen molar-refractivity contribution >= 4 is 39.7 Å². The number of carbonyl (C=O) groups is 1. The van der Waals surface area contributed by atoms with Crippen LogP contribution in [0.15, 0.2) is 52.0 Å². The third-order valence-electron chi connectivity index (χ3n) is 2.47. The molecule has 0 saturated carbocycles. The molecular weight excluding hydrogens is 344 g/mol. The summed E-state index contributed by atoms with van der Waals surface area (Å²) in [5.74, 6) is -0.244. The Morgan fingerprint density at radius 3 is 2.75 bits per heavy atom. The van der Waals surface area contributed by atoms with Crippen molar-refractivity contribution in [2.75, 3.05) is 0 Å². The van der Waals surface area contributed by atoms with Gasteiger partial charge in [0.2, 0.25) is 0 Å². The lowest BCUT2D eigenvalue weighted by molar-refractivity contribution is 0.0955. The number of hydrazone groups is 1. The first-order chi connectivity index (χ1) is 9.58. The molecule has 0 spiro atoms. The molecule has 0 bridgehead atoms. The number of hydrogen-bond acceptors (Lipinski definition) is 3. The van der Waals surface area contributed by atoms with Crippen LogP contribution in [0.4, 0.5) is 0 Å². The number of phenolic OH excluding ortho intramolecular Hbond substituents is 1. The topological polar surface area (TPSA) is 61.7 Å². The maximum Gasteiger partial charge on any atom is 0.272 e. The molecule has 2 rings (SSSR count). The van der Waals surface area contributed by atoms with Crippen LogP contribution in [0.2, 0.25) is 5.02 Å². The van der Waals surface area contributed by atoms with Crippen molar-refractivity contribution in [3.63, 3.8) is 0 Å². The van der Waals surface area contributed by atoms with Gasteiger partial charge in [-0.3, -0.25) is 4.79 Å². The van der Waals surface area contributed by atoms with Crippen LogP contribution in [0.25, 0.3) is 0 Å². The number of nitrogens with zero attached hydrogens (tertiary/aromatic N) is 1. The molecule has 6 heteroatoms. The molecule has 102 valence electrons. The van der Waals surface area contributed by atoms with Crippen LogP contribution >= 0.6 is 27.5 Å². The number of hydrogen-bond donors (Lipinski definition) is 2. The van der Waals surface area contributed by atoms with Crippen LogP contribution in [0, 0.1) is 0 Å². The second-order valence-corrected chi connectivity index (χ2v) is 5.15. The van der Waals surface area contributed by atoms with Crippen molar-refractivity contribution in [1.29, 1.82) is 0 Å². The largest absolute Gasteiger partial charge is 0.507 e. The summed E-state index contributed by atoms with van der Waals surface area (Å²) in [6.07, 6.45) is 1.47. The fraction of sp³-hybridized carbons (Fsp3) is 0. The molecule has 0 fully saturated rings. The summed E-state index contributed by atoms with van der Waals surface area (Å²) in [6, 6.07) is 11.6. The molecule has 2 aromatic carbocycles. The van der Waals surface area contributed by atoms with E-state index in [1.165, 1.54) is 12.3 Å². The predicted molar refractivity (Wildman–Crippen MR) is 82.3 cm³/mol. The number of aromatic hydroxyl groups is 1. The zero-order valence-corrected chi connectivity index (χ0v) is 12.5. The highest BCUT2D eigenvalue weighted by Gasteiger charge is 2.07. The van der Waals surface area contributed by atoms with Crippen LogP contribution in [-0.4, -0.2) is 17.2 Å². The van der Waals surface area contributed by atoms with Gasteiger partial charge in [-0.05, 0) is 51.8 Å². The highest BCUT2D eigenvalue weighted by atomic mass is 79.9. The molecule has 0 heterocycles. The smallest absolute Gasteiger partial charge is 0.272 e. The number of halogens is 2. The van der Waals surface area contributed by atoms with Gasteiger partial charge < -0.3 is 5.11 Å². The van der Waals surface area contributed by atoms with Gasteiger partial charge in [0.15, 0.2) is 0 Å². The molecule has 2 N–H and O–H groups in total. The number of carbonyl (C=O) groups excluding carboxylic acids is 1. The average Bonchev–Trinajstić information content (AvgIpc) is 2.43. The molecule has 0 atom stereocenters.